The summed E-state index contributed by atoms with van der Waals surface area (Å²) in [7, 11) is 0. The number of carbonyl (C=O) groups is 1. The summed E-state index contributed by atoms with van der Waals surface area (Å²) in [4.78, 5) is 17.4. The third kappa shape index (κ3) is 3.16. The smallest absolute Gasteiger partial charge is 0.232 e. The molecule has 0 bridgehead atoms. The Balaban J connectivity index is 1.56. The minimum Gasteiger partial charge on any atom is -0.302 e. The SMILES string of the molecule is Cc1cc(C)c2nc(NC(=O)C3CNNC3c3ccccc3)sc2c1. The minimum atomic E-state index is -0.183. The number of hydrazine groups is 1. The van der Waals surface area contributed by atoms with Gasteiger partial charge in [0.1, 0.15) is 0 Å². The first-order chi connectivity index (χ1) is 12.1. The zero-order chi connectivity index (χ0) is 17.4. The van der Waals surface area contributed by atoms with Crippen LogP contribution >= 0.6 is 11.3 Å². The first kappa shape index (κ1) is 16.2. The van der Waals surface area contributed by atoms with Crippen LogP contribution in [0.25, 0.3) is 10.2 Å². The van der Waals surface area contributed by atoms with E-state index in [1.165, 1.54) is 16.9 Å². The summed E-state index contributed by atoms with van der Waals surface area (Å²) in [6, 6.07) is 14.2. The van der Waals surface area contributed by atoms with Crippen LogP contribution in [0.2, 0.25) is 0 Å². The summed E-state index contributed by atoms with van der Waals surface area (Å²) in [5.41, 5.74) is 10.7. The lowest BCUT2D eigenvalue weighted by Crippen LogP contribution is -2.29. The largest absolute Gasteiger partial charge is 0.302 e. The predicted octanol–water partition coefficient (Wildman–Crippen LogP) is 3.32. The van der Waals surface area contributed by atoms with E-state index < -0.39 is 0 Å². The number of rotatable bonds is 3. The molecule has 2 atom stereocenters. The van der Waals surface area contributed by atoms with E-state index in [2.05, 4.69) is 47.1 Å². The molecule has 0 saturated carbocycles. The van der Waals surface area contributed by atoms with Gasteiger partial charge in [0, 0.05) is 6.54 Å². The first-order valence-electron chi connectivity index (χ1n) is 8.34. The molecule has 2 unspecified atom stereocenters. The number of benzene rings is 2. The van der Waals surface area contributed by atoms with Crippen LogP contribution in [0.5, 0.6) is 0 Å². The van der Waals surface area contributed by atoms with E-state index in [0.717, 1.165) is 21.3 Å². The lowest BCUT2D eigenvalue weighted by molar-refractivity contribution is -0.119. The number of hydrogen-bond acceptors (Lipinski definition) is 5. The van der Waals surface area contributed by atoms with E-state index >= 15 is 0 Å². The molecule has 0 radical (unpaired) electrons. The van der Waals surface area contributed by atoms with Crippen LogP contribution in [0, 0.1) is 19.8 Å². The highest BCUT2D eigenvalue weighted by Crippen LogP contribution is 2.31. The van der Waals surface area contributed by atoms with Crippen molar-refractivity contribution in [2.24, 2.45) is 5.92 Å². The zero-order valence-corrected chi connectivity index (χ0v) is 15.0. The van der Waals surface area contributed by atoms with Gasteiger partial charge in [0.05, 0.1) is 22.2 Å². The molecule has 0 spiro atoms. The number of aromatic nitrogens is 1. The fraction of sp³-hybridized carbons (Fsp3) is 0.263. The van der Waals surface area contributed by atoms with Crippen molar-refractivity contribution in [3.63, 3.8) is 0 Å². The third-order valence-corrected chi connectivity index (χ3v) is 5.46. The van der Waals surface area contributed by atoms with E-state index in [9.17, 15) is 4.79 Å². The topological polar surface area (TPSA) is 66.0 Å². The Morgan fingerprint density at radius 2 is 2.04 bits per heavy atom. The van der Waals surface area contributed by atoms with Gasteiger partial charge in [-0.15, -0.1) is 0 Å². The van der Waals surface area contributed by atoms with Crippen molar-refractivity contribution in [2.45, 2.75) is 19.9 Å². The summed E-state index contributed by atoms with van der Waals surface area (Å²) in [6.45, 7) is 4.72. The van der Waals surface area contributed by atoms with Gasteiger partial charge in [0.2, 0.25) is 5.91 Å². The molecule has 3 N–H and O–H groups in total. The molecule has 6 heteroatoms. The van der Waals surface area contributed by atoms with Gasteiger partial charge < -0.3 is 5.32 Å². The van der Waals surface area contributed by atoms with Crippen molar-refractivity contribution in [1.29, 1.82) is 0 Å². The number of anilines is 1. The number of hydrogen-bond donors (Lipinski definition) is 3. The van der Waals surface area contributed by atoms with Gasteiger partial charge in [-0.2, -0.15) is 0 Å². The maximum atomic E-state index is 12.8. The molecule has 1 saturated heterocycles. The molecule has 5 nitrogen and oxygen atoms in total. The molecule has 1 amide bonds. The summed E-state index contributed by atoms with van der Waals surface area (Å²) < 4.78 is 1.11. The highest BCUT2D eigenvalue weighted by atomic mass is 32.1. The lowest BCUT2D eigenvalue weighted by Gasteiger charge is -2.17. The quantitative estimate of drug-likeness (QED) is 0.676. The van der Waals surface area contributed by atoms with E-state index in [0.29, 0.717) is 11.7 Å². The number of nitrogens with one attached hydrogen (secondary N) is 3. The number of amides is 1. The molecular weight excluding hydrogens is 332 g/mol. The Morgan fingerprint density at radius 3 is 2.84 bits per heavy atom. The molecular formula is C19H20N4OS. The van der Waals surface area contributed by atoms with Crippen molar-refractivity contribution < 1.29 is 4.79 Å². The average Bonchev–Trinajstić information content (AvgIpc) is 3.22. The van der Waals surface area contributed by atoms with Gasteiger partial charge in [-0.1, -0.05) is 47.7 Å². The minimum absolute atomic E-state index is 0.0141. The fourth-order valence-corrected chi connectivity index (χ4v) is 4.38. The highest BCUT2D eigenvalue weighted by Gasteiger charge is 2.34. The standard InChI is InChI=1S/C19H20N4OS/c1-11-8-12(2)16-15(9-11)25-19(21-16)22-18(24)14-10-20-23-17(14)13-6-4-3-5-7-13/h3-9,14,17,20,23H,10H2,1-2H3,(H,21,22,24). The van der Waals surface area contributed by atoms with Crippen molar-refractivity contribution >= 4 is 32.6 Å². The highest BCUT2D eigenvalue weighted by molar-refractivity contribution is 7.22. The second-order valence-corrected chi connectivity index (χ2v) is 7.49. The summed E-state index contributed by atoms with van der Waals surface area (Å²) >= 11 is 1.53. The van der Waals surface area contributed by atoms with E-state index in [1.54, 1.807) is 0 Å². The molecule has 4 rings (SSSR count). The maximum Gasteiger partial charge on any atom is 0.232 e. The molecule has 2 aromatic carbocycles. The predicted molar refractivity (Wildman–Crippen MR) is 102 cm³/mol. The van der Waals surface area contributed by atoms with E-state index in [-0.39, 0.29) is 17.9 Å². The van der Waals surface area contributed by atoms with Gasteiger partial charge in [0.15, 0.2) is 5.13 Å². The summed E-state index contributed by atoms with van der Waals surface area (Å²) in [5.74, 6) is -0.197. The number of thiazole rings is 1. The monoisotopic (exact) mass is 352 g/mol. The van der Waals surface area contributed by atoms with Gasteiger partial charge in [-0.25, -0.2) is 10.4 Å². The molecule has 0 aliphatic carbocycles. The normalized spacial score (nSPS) is 20.1. The van der Waals surface area contributed by atoms with E-state index in [4.69, 9.17) is 0 Å². The second-order valence-electron chi connectivity index (χ2n) is 6.46. The van der Waals surface area contributed by atoms with E-state index in [1.807, 2.05) is 30.3 Å². The van der Waals surface area contributed by atoms with Crippen LogP contribution in [0.1, 0.15) is 22.7 Å². The Kier molecular flexibility index (Phi) is 4.25. The lowest BCUT2D eigenvalue weighted by atomic mass is 9.94. The molecule has 1 aromatic heterocycles. The zero-order valence-electron chi connectivity index (χ0n) is 14.2. The molecule has 25 heavy (non-hydrogen) atoms. The van der Waals surface area contributed by atoms with Crippen LogP contribution in [0.15, 0.2) is 42.5 Å². The number of fused-ring (bicyclic) bond motifs is 1. The Bertz CT molecular complexity index is 922. The molecule has 3 aromatic rings. The Hall–Kier alpha value is -2.28. The van der Waals surface area contributed by atoms with Crippen molar-refractivity contribution in [3.05, 3.63) is 59.2 Å². The van der Waals surface area contributed by atoms with Crippen molar-refractivity contribution in [1.82, 2.24) is 15.8 Å². The van der Waals surface area contributed by atoms with Crippen LogP contribution in [0.4, 0.5) is 5.13 Å². The third-order valence-electron chi connectivity index (χ3n) is 4.54. The Morgan fingerprint density at radius 1 is 1.24 bits per heavy atom. The molecule has 1 aliphatic rings. The van der Waals surface area contributed by atoms with Gasteiger partial charge in [-0.05, 0) is 36.6 Å². The van der Waals surface area contributed by atoms with Gasteiger partial charge in [-0.3, -0.25) is 10.2 Å². The number of nitrogens with zero attached hydrogens (tertiary/aromatic N) is 1. The van der Waals surface area contributed by atoms with Crippen molar-refractivity contribution in [3.8, 4) is 0 Å². The van der Waals surface area contributed by atoms with Crippen LogP contribution in [-0.4, -0.2) is 17.4 Å². The number of carbonyl (C=O) groups excluding carboxylic acids is 1. The molecule has 1 aliphatic heterocycles. The average molecular weight is 352 g/mol. The molecule has 2 heterocycles. The van der Waals surface area contributed by atoms with Crippen LogP contribution in [0.3, 0.4) is 0 Å². The fourth-order valence-electron chi connectivity index (χ4n) is 3.34. The number of aryl methyl sites for hydroxylation is 2. The Labute approximate surface area is 150 Å². The van der Waals surface area contributed by atoms with Gasteiger partial charge in [0.25, 0.3) is 0 Å². The molecule has 1 fully saturated rings. The van der Waals surface area contributed by atoms with Crippen molar-refractivity contribution in [2.75, 3.05) is 11.9 Å². The van der Waals surface area contributed by atoms with Crippen LogP contribution < -0.4 is 16.2 Å². The maximum absolute atomic E-state index is 12.8. The summed E-state index contributed by atoms with van der Waals surface area (Å²) in [5, 5.41) is 3.67. The van der Waals surface area contributed by atoms with Crippen LogP contribution in [-0.2, 0) is 4.79 Å². The second kappa shape index (κ2) is 6.55. The first-order valence-corrected chi connectivity index (χ1v) is 9.15. The summed E-state index contributed by atoms with van der Waals surface area (Å²) in [6.07, 6.45) is 0. The van der Waals surface area contributed by atoms with Gasteiger partial charge >= 0.3 is 0 Å². The molecule has 128 valence electrons.